The van der Waals surface area contributed by atoms with Gasteiger partial charge in [-0.3, -0.25) is 0 Å². The van der Waals surface area contributed by atoms with Crippen molar-refractivity contribution in [3.05, 3.63) is 12.7 Å². The maximum atomic E-state index is 3.71. The first-order chi connectivity index (χ1) is 4.35. The smallest absolute Gasteiger partial charge is 0.0252 e. The molecule has 0 aromatic heterocycles. The van der Waals surface area contributed by atoms with E-state index in [1.807, 2.05) is 24.9 Å². The van der Waals surface area contributed by atoms with Crippen molar-refractivity contribution >= 4 is 11.8 Å². The zero-order valence-corrected chi connectivity index (χ0v) is 7.00. The van der Waals surface area contributed by atoms with Crippen molar-refractivity contribution in [2.24, 2.45) is 0 Å². The van der Waals surface area contributed by atoms with Crippen molar-refractivity contribution in [3.63, 3.8) is 0 Å². The first kappa shape index (κ1) is 9.05. The summed E-state index contributed by atoms with van der Waals surface area (Å²) in [5.74, 6) is 1.21. The Bertz CT molecular complexity index is 73.3. The largest absolute Gasteiger partial charge is 0.314 e. The summed E-state index contributed by atoms with van der Waals surface area (Å²) in [6.45, 7) is 3.71. The number of likely N-dealkylation sites (N-methyl/N-ethyl adjacent to an activating group) is 1. The molecule has 54 valence electrons. The third-order valence-corrected chi connectivity index (χ3v) is 1.93. The Hall–Kier alpha value is 0.0500. The molecule has 9 heavy (non-hydrogen) atoms. The minimum atomic E-state index is 0.498. The van der Waals surface area contributed by atoms with Crippen LogP contribution in [0.1, 0.15) is 6.42 Å². The van der Waals surface area contributed by atoms with Crippen LogP contribution in [0.5, 0.6) is 0 Å². The zero-order valence-electron chi connectivity index (χ0n) is 6.18. The fraction of sp³-hybridized carbons (Fsp3) is 0.714. The quantitative estimate of drug-likeness (QED) is 0.589. The topological polar surface area (TPSA) is 12.0 Å². The van der Waals surface area contributed by atoms with Crippen molar-refractivity contribution in [1.29, 1.82) is 0 Å². The van der Waals surface area contributed by atoms with Gasteiger partial charge in [-0.1, -0.05) is 6.08 Å². The average molecular weight is 145 g/mol. The van der Waals surface area contributed by atoms with Crippen molar-refractivity contribution in [3.8, 4) is 0 Å². The molecule has 0 bridgehead atoms. The molecule has 0 fully saturated rings. The molecule has 0 amide bonds. The third-order valence-electron chi connectivity index (χ3n) is 1.29. The first-order valence-corrected chi connectivity index (χ1v) is 4.53. The predicted octanol–water partition coefficient (Wildman–Crippen LogP) is 1.51. The summed E-state index contributed by atoms with van der Waals surface area (Å²) in [6, 6.07) is 0.498. The number of nitrogens with one attached hydrogen (secondary N) is 1. The second kappa shape index (κ2) is 6.17. The van der Waals surface area contributed by atoms with Crippen molar-refractivity contribution in [2.75, 3.05) is 19.1 Å². The molecule has 0 aliphatic heterocycles. The van der Waals surface area contributed by atoms with Crippen LogP contribution < -0.4 is 5.32 Å². The Kier molecular flexibility index (Phi) is 6.21. The van der Waals surface area contributed by atoms with Gasteiger partial charge in [-0.05, 0) is 25.5 Å². The highest BCUT2D eigenvalue weighted by Crippen LogP contribution is 1.99. The van der Waals surface area contributed by atoms with E-state index in [4.69, 9.17) is 0 Å². The van der Waals surface area contributed by atoms with E-state index in [0.29, 0.717) is 6.04 Å². The van der Waals surface area contributed by atoms with Gasteiger partial charge in [0.2, 0.25) is 0 Å². The van der Waals surface area contributed by atoms with Crippen molar-refractivity contribution in [2.45, 2.75) is 12.5 Å². The summed E-state index contributed by atoms with van der Waals surface area (Å²) < 4.78 is 0. The molecule has 0 aromatic carbocycles. The average Bonchev–Trinajstić information content (AvgIpc) is 1.91. The van der Waals surface area contributed by atoms with E-state index in [1.165, 1.54) is 12.2 Å². The minimum absolute atomic E-state index is 0.498. The predicted molar refractivity (Wildman–Crippen MR) is 46.0 cm³/mol. The molecule has 2 heteroatoms. The van der Waals surface area contributed by atoms with E-state index in [1.54, 1.807) is 0 Å². The van der Waals surface area contributed by atoms with Gasteiger partial charge in [-0.25, -0.2) is 0 Å². The normalized spacial score (nSPS) is 13.1. The molecule has 0 saturated heterocycles. The number of rotatable bonds is 5. The number of hydrogen-bond donors (Lipinski definition) is 1. The van der Waals surface area contributed by atoms with Crippen LogP contribution in [0.4, 0.5) is 0 Å². The summed E-state index contributed by atoms with van der Waals surface area (Å²) in [5.41, 5.74) is 0. The van der Waals surface area contributed by atoms with Crippen LogP contribution in [-0.2, 0) is 0 Å². The Morgan fingerprint density at radius 1 is 1.78 bits per heavy atom. The van der Waals surface area contributed by atoms with Gasteiger partial charge >= 0.3 is 0 Å². The lowest BCUT2D eigenvalue weighted by Crippen LogP contribution is -2.22. The van der Waals surface area contributed by atoms with Crippen LogP contribution in [0.25, 0.3) is 0 Å². The lowest BCUT2D eigenvalue weighted by Gasteiger charge is -2.08. The van der Waals surface area contributed by atoms with Crippen LogP contribution in [0.3, 0.4) is 0 Å². The lowest BCUT2D eigenvalue weighted by molar-refractivity contribution is 0.654. The first-order valence-electron chi connectivity index (χ1n) is 3.14. The van der Waals surface area contributed by atoms with E-state index in [0.717, 1.165) is 0 Å². The Morgan fingerprint density at radius 3 is 2.78 bits per heavy atom. The fourth-order valence-electron chi connectivity index (χ4n) is 0.625. The van der Waals surface area contributed by atoms with Gasteiger partial charge < -0.3 is 5.32 Å². The van der Waals surface area contributed by atoms with Gasteiger partial charge in [-0.2, -0.15) is 11.8 Å². The van der Waals surface area contributed by atoms with Gasteiger partial charge in [-0.15, -0.1) is 6.58 Å². The molecule has 0 heterocycles. The molecular formula is C7H15NS. The highest BCUT2D eigenvalue weighted by Gasteiger charge is 1.96. The highest BCUT2D eigenvalue weighted by molar-refractivity contribution is 7.98. The van der Waals surface area contributed by atoms with E-state index in [2.05, 4.69) is 18.2 Å². The van der Waals surface area contributed by atoms with Crippen molar-refractivity contribution < 1.29 is 0 Å². The SMILES string of the molecule is C=C[C@H](CCSC)NC. The molecule has 0 unspecified atom stereocenters. The maximum Gasteiger partial charge on any atom is 0.0252 e. The van der Waals surface area contributed by atoms with E-state index < -0.39 is 0 Å². The van der Waals surface area contributed by atoms with Gasteiger partial charge in [0, 0.05) is 6.04 Å². The second-order valence-corrected chi connectivity index (χ2v) is 2.90. The third kappa shape index (κ3) is 4.55. The maximum absolute atomic E-state index is 3.71. The molecule has 1 atom stereocenters. The Balaban J connectivity index is 3.20. The summed E-state index contributed by atoms with van der Waals surface area (Å²) in [5, 5.41) is 3.16. The number of hydrogen-bond acceptors (Lipinski definition) is 2. The van der Waals surface area contributed by atoms with E-state index in [-0.39, 0.29) is 0 Å². The number of thioether (sulfide) groups is 1. The molecule has 0 aliphatic rings. The molecule has 0 rings (SSSR count). The van der Waals surface area contributed by atoms with E-state index in [9.17, 15) is 0 Å². The molecule has 0 aliphatic carbocycles. The standard InChI is InChI=1S/C7H15NS/c1-4-7(8-2)5-6-9-3/h4,7-8H,1,5-6H2,2-3H3/t7-/m1/s1. The van der Waals surface area contributed by atoms with Gasteiger partial charge in [0.05, 0.1) is 0 Å². The lowest BCUT2D eigenvalue weighted by atomic mass is 10.2. The monoisotopic (exact) mass is 145 g/mol. The zero-order chi connectivity index (χ0) is 7.11. The molecule has 0 aromatic rings. The minimum Gasteiger partial charge on any atom is -0.314 e. The van der Waals surface area contributed by atoms with Crippen LogP contribution in [0, 0.1) is 0 Å². The fourth-order valence-corrected chi connectivity index (χ4v) is 1.11. The van der Waals surface area contributed by atoms with Gasteiger partial charge in [0.25, 0.3) is 0 Å². The summed E-state index contributed by atoms with van der Waals surface area (Å²) in [4.78, 5) is 0. The van der Waals surface area contributed by atoms with Crippen LogP contribution in [0.2, 0.25) is 0 Å². The van der Waals surface area contributed by atoms with Gasteiger partial charge in [0.1, 0.15) is 0 Å². The summed E-state index contributed by atoms with van der Waals surface area (Å²) >= 11 is 1.87. The Labute approximate surface area is 61.9 Å². The summed E-state index contributed by atoms with van der Waals surface area (Å²) in [6.07, 6.45) is 5.26. The molecule has 1 nitrogen and oxygen atoms in total. The van der Waals surface area contributed by atoms with Crippen LogP contribution in [0.15, 0.2) is 12.7 Å². The second-order valence-electron chi connectivity index (χ2n) is 1.91. The van der Waals surface area contributed by atoms with Crippen LogP contribution in [-0.4, -0.2) is 25.1 Å². The molecule has 0 radical (unpaired) electrons. The Morgan fingerprint density at radius 2 is 2.44 bits per heavy atom. The highest BCUT2D eigenvalue weighted by atomic mass is 32.2. The molecular weight excluding hydrogens is 130 g/mol. The summed E-state index contributed by atoms with van der Waals surface area (Å²) in [7, 11) is 1.96. The van der Waals surface area contributed by atoms with Crippen LogP contribution >= 0.6 is 11.8 Å². The van der Waals surface area contributed by atoms with E-state index >= 15 is 0 Å². The van der Waals surface area contributed by atoms with Gasteiger partial charge in [0.15, 0.2) is 0 Å². The molecule has 0 spiro atoms. The molecule has 1 N–H and O–H groups in total. The van der Waals surface area contributed by atoms with Crippen molar-refractivity contribution in [1.82, 2.24) is 5.32 Å². The molecule has 0 saturated carbocycles.